The lowest BCUT2D eigenvalue weighted by molar-refractivity contribution is -0.119. The smallest absolute Gasteiger partial charge is 0.338 e. The zero-order valence-electron chi connectivity index (χ0n) is 16.6. The molecule has 0 saturated heterocycles. The normalized spacial score (nSPS) is 10.7. The van der Waals surface area contributed by atoms with E-state index < -0.39 is 11.9 Å². The van der Waals surface area contributed by atoms with Gasteiger partial charge in [-0.05, 0) is 61.4 Å². The Kier molecular flexibility index (Phi) is 5.26. The van der Waals surface area contributed by atoms with Crippen LogP contribution in [0.3, 0.4) is 0 Å². The summed E-state index contributed by atoms with van der Waals surface area (Å²) in [5.74, 6) is -0.305. The fraction of sp³-hybridized carbons (Fsp3) is 0.130. The van der Waals surface area contributed by atoms with Gasteiger partial charge in [-0.25, -0.2) is 9.78 Å². The van der Waals surface area contributed by atoms with Crippen LogP contribution in [0.2, 0.25) is 0 Å². The summed E-state index contributed by atoms with van der Waals surface area (Å²) in [5, 5.41) is 2.77. The first-order valence-electron chi connectivity index (χ1n) is 9.44. The number of H-pyrrole nitrogens is 1. The van der Waals surface area contributed by atoms with Crippen LogP contribution in [-0.2, 0) is 9.53 Å². The summed E-state index contributed by atoms with van der Waals surface area (Å²) in [6, 6.07) is 14.4. The number of aromatic amines is 1. The topological polar surface area (TPSA) is 97.0 Å². The van der Waals surface area contributed by atoms with Gasteiger partial charge in [-0.3, -0.25) is 9.78 Å². The summed E-state index contributed by atoms with van der Waals surface area (Å²) in [5.41, 5.74) is 5.36. The van der Waals surface area contributed by atoms with Crippen LogP contribution in [0.4, 0.5) is 5.69 Å². The van der Waals surface area contributed by atoms with E-state index in [9.17, 15) is 9.59 Å². The van der Waals surface area contributed by atoms with Crippen LogP contribution in [0.15, 0.2) is 60.9 Å². The molecule has 0 unspecified atom stereocenters. The molecule has 0 radical (unpaired) electrons. The Balaban J connectivity index is 1.43. The van der Waals surface area contributed by atoms with E-state index in [1.165, 1.54) is 0 Å². The van der Waals surface area contributed by atoms with Gasteiger partial charge in [-0.15, -0.1) is 0 Å². The quantitative estimate of drug-likeness (QED) is 0.493. The van der Waals surface area contributed by atoms with Gasteiger partial charge in [0.15, 0.2) is 6.61 Å². The largest absolute Gasteiger partial charge is 0.452 e. The van der Waals surface area contributed by atoms with E-state index in [1.807, 2.05) is 44.2 Å². The first-order valence-corrected chi connectivity index (χ1v) is 9.44. The van der Waals surface area contributed by atoms with Gasteiger partial charge in [0.05, 0.1) is 16.6 Å². The minimum atomic E-state index is -0.578. The lowest BCUT2D eigenvalue weighted by Gasteiger charge is -2.10. The summed E-state index contributed by atoms with van der Waals surface area (Å²) in [4.78, 5) is 36.3. The first kappa shape index (κ1) is 19.3. The Morgan fingerprint density at radius 1 is 1.10 bits per heavy atom. The third-order valence-corrected chi connectivity index (χ3v) is 4.87. The van der Waals surface area contributed by atoms with Crippen LogP contribution < -0.4 is 5.32 Å². The summed E-state index contributed by atoms with van der Waals surface area (Å²) >= 11 is 0. The number of ether oxygens (including phenoxy) is 1. The fourth-order valence-corrected chi connectivity index (χ4v) is 3.06. The number of hydrogen-bond acceptors (Lipinski definition) is 5. The Bertz CT molecular complexity index is 1230. The molecule has 2 aromatic heterocycles. The van der Waals surface area contributed by atoms with E-state index in [4.69, 9.17) is 4.74 Å². The molecule has 0 aliphatic carbocycles. The van der Waals surface area contributed by atoms with Gasteiger partial charge >= 0.3 is 5.97 Å². The van der Waals surface area contributed by atoms with Gasteiger partial charge in [0.2, 0.25) is 0 Å². The minimum absolute atomic E-state index is 0.337. The van der Waals surface area contributed by atoms with Crippen molar-refractivity contribution in [2.45, 2.75) is 13.8 Å². The summed E-state index contributed by atoms with van der Waals surface area (Å²) in [6.45, 7) is 3.53. The number of carbonyl (C=O) groups excluding carboxylic acids is 2. The average Bonchev–Trinajstić information content (AvgIpc) is 3.19. The molecule has 0 aliphatic rings. The molecule has 2 N–H and O–H groups in total. The Hall–Kier alpha value is -4.00. The van der Waals surface area contributed by atoms with Crippen LogP contribution in [0.25, 0.3) is 22.4 Å². The van der Waals surface area contributed by atoms with Crippen LogP contribution in [0, 0.1) is 13.8 Å². The van der Waals surface area contributed by atoms with Crippen molar-refractivity contribution < 1.29 is 14.3 Å². The maximum atomic E-state index is 12.4. The molecule has 2 heterocycles. The number of nitrogens with one attached hydrogen (secondary N) is 2. The SMILES string of the molecule is Cc1cccc(NC(=O)COC(=O)c2ccc3nc(-c4cccnc4)[nH]c3c2)c1C. The molecule has 2 aromatic carbocycles. The third-order valence-electron chi connectivity index (χ3n) is 4.87. The highest BCUT2D eigenvalue weighted by atomic mass is 16.5. The van der Waals surface area contributed by atoms with Gasteiger partial charge in [0, 0.05) is 23.6 Å². The van der Waals surface area contributed by atoms with Gasteiger partial charge in [-0.2, -0.15) is 0 Å². The van der Waals surface area contributed by atoms with E-state index in [0.717, 1.165) is 22.2 Å². The summed E-state index contributed by atoms with van der Waals surface area (Å²) in [6.07, 6.45) is 3.40. The number of aromatic nitrogens is 3. The molecular formula is C23H20N4O3. The molecule has 1 amide bonds. The van der Waals surface area contributed by atoms with E-state index >= 15 is 0 Å². The third kappa shape index (κ3) is 4.05. The molecule has 0 fully saturated rings. The molecule has 0 aliphatic heterocycles. The van der Waals surface area contributed by atoms with Crippen molar-refractivity contribution >= 4 is 28.6 Å². The second kappa shape index (κ2) is 8.16. The minimum Gasteiger partial charge on any atom is -0.452 e. The molecule has 150 valence electrons. The lowest BCUT2D eigenvalue weighted by atomic mass is 10.1. The van der Waals surface area contributed by atoms with Gasteiger partial charge in [0.1, 0.15) is 5.82 Å². The second-order valence-corrected chi connectivity index (χ2v) is 6.93. The zero-order valence-corrected chi connectivity index (χ0v) is 16.6. The van der Waals surface area contributed by atoms with Crippen molar-refractivity contribution in [2.24, 2.45) is 0 Å². The predicted molar refractivity (Wildman–Crippen MR) is 114 cm³/mol. The van der Waals surface area contributed by atoms with Crippen molar-refractivity contribution in [3.63, 3.8) is 0 Å². The second-order valence-electron chi connectivity index (χ2n) is 6.93. The molecule has 0 bridgehead atoms. The number of aryl methyl sites for hydroxylation is 1. The number of benzene rings is 2. The maximum absolute atomic E-state index is 12.4. The van der Waals surface area contributed by atoms with Crippen molar-refractivity contribution in [1.29, 1.82) is 0 Å². The first-order chi connectivity index (χ1) is 14.5. The summed E-state index contributed by atoms with van der Waals surface area (Å²) in [7, 11) is 0. The molecule has 7 heteroatoms. The number of rotatable bonds is 5. The highest BCUT2D eigenvalue weighted by molar-refractivity contribution is 5.97. The maximum Gasteiger partial charge on any atom is 0.338 e. The van der Waals surface area contributed by atoms with Crippen molar-refractivity contribution in [3.05, 3.63) is 77.6 Å². The van der Waals surface area contributed by atoms with Crippen molar-refractivity contribution in [2.75, 3.05) is 11.9 Å². The number of pyridine rings is 1. The molecule has 0 atom stereocenters. The van der Waals surface area contributed by atoms with E-state index in [-0.39, 0.29) is 6.61 Å². The summed E-state index contributed by atoms with van der Waals surface area (Å²) < 4.78 is 5.18. The van der Waals surface area contributed by atoms with E-state index in [2.05, 4.69) is 20.3 Å². The van der Waals surface area contributed by atoms with Crippen LogP contribution in [0.1, 0.15) is 21.5 Å². The average molecular weight is 400 g/mol. The number of hydrogen-bond donors (Lipinski definition) is 2. The van der Waals surface area contributed by atoms with Crippen LogP contribution in [0.5, 0.6) is 0 Å². The molecule has 4 rings (SSSR count). The highest BCUT2D eigenvalue weighted by Gasteiger charge is 2.14. The fourth-order valence-electron chi connectivity index (χ4n) is 3.06. The highest BCUT2D eigenvalue weighted by Crippen LogP contribution is 2.21. The molecular weight excluding hydrogens is 380 g/mol. The molecule has 30 heavy (non-hydrogen) atoms. The molecule has 7 nitrogen and oxygen atoms in total. The number of anilines is 1. The number of imidazole rings is 1. The van der Waals surface area contributed by atoms with Gasteiger partial charge in [0.25, 0.3) is 5.91 Å². The predicted octanol–water partition coefficient (Wildman–Crippen LogP) is 4.04. The Morgan fingerprint density at radius 2 is 1.97 bits per heavy atom. The standard InChI is InChI=1S/C23H20N4O3/c1-14-5-3-7-18(15(14)2)25-21(28)13-30-23(29)16-8-9-19-20(11-16)27-22(26-19)17-6-4-10-24-12-17/h3-12H,13H2,1-2H3,(H,25,28)(H,26,27). The van der Waals surface area contributed by atoms with Crippen molar-refractivity contribution in [3.8, 4) is 11.4 Å². The lowest BCUT2D eigenvalue weighted by Crippen LogP contribution is -2.21. The van der Waals surface area contributed by atoms with E-state index in [1.54, 1.807) is 30.6 Å². The van der Waals surface area contributed by atoms with Crippen LogP contribution in [-0.4, -0.2) is 33.4 Å². The van der Waals surface area contributed by atoms with Gasteiger partial charge in [-0.1, -0.05) is 12.1 Å². The number of fused-ring (bicyclic) bond motifs is 1. The number of amides is 1. The van der Waals surface area contributed by atoms with Crippen molar-refractivity contribution in [1.82, 2.24) is 15.0 Å². The molecule has 0 saturated carbocycles. The van der Waals surface area contributed by atoms with Crippen LogP contribution >= 0.6 is 0 Å². The monoisotopic (exact) mass is 400 g/mol. The van der Waals surface area contributed by atoms with Gasteiger partial charge < -0.3 is 15.0 Å². The Morgan fingerprint density at radius 3 is 2.77 bits per heavy atom. The zero-order chi connectivity index (χ0) is 21.1. The number of nitrogens with zero attached hydrogens (tertiary/aromatic N) is 2. The van der Waals surface area contributed by atoms with E-state index in [0.29, 0.717) is 22.6 Å². The number of carbonyl (C=O) groups is 2. The molecule has 0 spiro atoms. The Labute approximate surface area is 173 Å². The molecule has 4 aromatic rings. The number of esters is 1.